The van der Waals surface area contributed by atoms with E-state index in [4.69, 9.17) is 0 Å². The minimum Gasteiger partial charge on any atom is -0.322 e. The number of nitrogens with zero attached hydrogens (tertiary/aromatic N) is 1. The van der Waals surface area contributed by atoms with Crippen LogP contribution in [0.15, 0.2) is 42.5 Å². The van der Waals surface area contributed by atoms with E-state index in [0.29, 0.717) is 11.6 Å². The summed E-state index contributed by atoms with van der Waals surface area (Å²) in [6.45, 7) is 15.2. The maximum atomic E-state index is 12.8. The highest BCUT2D eigenvalue weighted by molar-refractivity contribution is 6.04. The molecule has 0 aromatic heterocycles. The summed E-state index contributed by atoms with van der Waals surface area (Å²) in [5.74, 6) is -0.0535. The first-order valence-corrected chi connectivity index (χ1v) is 11.8. The molecule has 0 bridgehead atoms. The van der Waals surface area contributed by atoms with E-state index in [0.717, 1.165) is 44.7 Å². The first-order chi connectivity index (χ1) is 14.8. The fourth-order valence-electron chi connectivity index (χ4n) is 4.35. The van der Waals surface area contributed by atoms with Crippen molar-refractivity contribution in [2.75, 3.05) is 31.5 Å². The van der Waals surface area contributed by atoms with Crippen LogP contribution in [0.2, 0.25) is 0 Å². The molecular formula is C27H39N3O. The second kappa shape index (κ2) is 10.4. The molecule has 2 aromatic carbocycles. The third kappa shape index (κ3) is 6.18. The Balaban J connectivity index is 1.67. The first-order valence-electron chi connectivity index (χ1n) is 11.8. The number of hydrogen-bond acceptors (Lipinski definition) is 3. The topological polar surface area (TPSA) is 44.4 Å². The minimum absolute atomic E-state index is 0.0535. The van der Waals surface area contributed by atoms with Gasteiger partial charge in [-0.1, -0.05) is 52.8 Å². The van der Waals surface area contributed by atoms with Crippen molar-refractivity contribution in [1.82, 2.24) is 10.2 Å². The molecule has 2 N–H and O–H groups in total. The Morgan fingerprint density at radius 2 is 1.77 bits per heavy atom. The molecule has 31 heavy (non-hydrogen) atoms. The lowest BCUT2D eigenvalue weighted by Gasteiger charge is -2.28. The Hall–Kier alpha value is -2.17. The SMILES string of the molecule is CCN(CC)CCNC1CCCc2ccc(NC(=O)c3ccc(C(C)(C)C)cc3)cc21. The van der Waals surface area contributed by atoms with E-state index >= 15 is 0 Å². The third-order valence-electron chi connectivity index (χ3n) is 6.44. The van der Waals surface area contributed by atoms with Gasteiger partial charge in [-0.25, -0.2) is 0 Å². The highest BCUT2D eigenvalue weighted by Crippen LogP contribution is 2.32. The van der Waals surface area contributed by atoms with Crippen molar-refractivity contribution in [2.45, 2.75) is 65.3 Å². The minimum atomic E-state index is -0.0535. The summed E-state index contributed by atoms with van der Waals surface area (Å²) in [7, 11) is 0. The van der Waals surface area contributed by atoms with Gasteiger partial charge in [0.05, 0.1) is 0 Å². The van der Waals surface area contributed by atoms with E-state index in [-0.39, 0.29) is 11.3 Å². The Morgan fingerprint density at radius 3 is 2.42 bits per heavy atom. The van der Waals surface area contributed by atoms with E-state index < -0.39 is 0 Å². The maximum absolute atomic E-state index is 12.8. The fourth-order valence-corrected chi connectivity index (χ4v) is 4.35. The van der Waals surface area contributed by atoms with Crippen molar-refractivity contribution in [3.05, 3.63) is 64.7 Å². The van der Waals surface area contributed by atoms with Gasteiger partial charge in [0.25, 0.3) is 5.91 Å². The van der Waals surface area contributed by atoms with Gasteiger partial charge in [0.1, 0.15) is 0 Å². The molecule has 0 radical (unpaired) electrons. The van der Waals surface area contributed by atoms with Gasteiger partial charge < -0.3 is 15.5 Å². The van der Waals surface area contributed by atoms with Gasteiger partial charge in [0.15, 0.2) is 0 Å². The van der Waals surface area contributed by atoms with Crippen LogP contribution in [0, 0.1) is 0 Å². The summed E-state index contributed by atoms with van der Waals surface area (Å²) in [6.07, 6.45) is 3.48. The van der Waals surface area contributed by atoms with Gasteiger partial charge in [0, 0.05) is 30.4 Å². The van der Waals surface area contributed by atoms with Gasteiger partial charge in [-0.15, -0.1) is 0 Å². The van der Waals surface area contributed by atoms with E-state index in [2.05, 4.69) is 74.4 Å². The molecule has 168 valence electrons. The molecule has 4 nitrogen and oxygen atoms in total. The Bertz CT molecular complexity index is 863. The summed E-state index contributed by atoms with van der Waals surface area (Å²) >= 11 is 0. The third-order valence-corrected chi connectivity index (χ3v) is 6.44. The Labute approximate surface area is 188 Å². The Morgan fingerprint density at radius 1 is 1.06 bits per heavy atom. The second-order valence-corrected chi connectivity index (χ2v) is 9.62. The molecule has 0 fully saturated rings. The molecule has 4 heteroatoms. The molecule has 0 aliphatic heterocycles. The number of fused-ring (bicyclic) bond motifs is 1. The van der Waals surface area contributed by atoms with Gasteiger partial charge in [-0.2, -0.15) is 0 Å². The molecule has 0 saturated heterocycles. The fraction of sp³-hybridized carbons (Fsp3) is 0.519. The van der Waals surface area contributed by atoms with Crippen LogP contribution in [0.3, 0.4) is 0 Å². The zero-order chi connectivity index (χ0) is 22.4. The smallest absolute Gasteiger partial charge is 0.255 e. The van der Waals surface area contributed by atoms with Crippen LogP contribution >= 0.6 is 0 Å². The van der Waals surface area contributed by atoms with Crippen molar-refractivity contribution in [3.8, 4) is 0 Å². The summed E-state index contributed by atoms with van der Waals surface area (Å²) in [4.78, 5) is 15.2. The number of anilines is 1. The molecule has 0 spiro atoms. The molecule has 1 unspecified atom stereocenters. The Kier molecular flexibility index (Phi) is 7.90. The summed E-state index contributed by atoms with van der Waals surface area (Å²) in [5, 5.41) is 6.86. The van der Waals surface area contributed by atoms with Crippen molar-refractivity contribution in [2.24, 2.45) is 0 Å². The number of benzene rings is 2. The van der Waals surface area contributed by atoms with Gasteiger partial charge >= 0.3 is 0 Å². The number of aryl methyl sites for hydroxylation is 1. The van der Waals surface area contributed by atoms with Crippen molar-refractivity contribution in [3.63, 3.8) is 0 Å². The molecule has 2 aromatic rings. The quantitative estimate of drug-likeness (QED) is 0.588. The first kappa shape index (κ1) is 23.5. The zero-order valence-electron chi connectivity index (χ0n) is 19.9. The zero-order valence-corrected chi connectivity index (χ0v) is 19.9. The van der Waals surface area contributed by atoms with Gasteiger partial charge in [-0.3, -0.25) is 4.79 Å². The van der Waals surface area contributed by atoms with Crippen LogP contribution in [0.1, 0.15) is 80.6 Å². The summed E-state index contributed by atoms with van der Waals surface area (Å²) in [6, 6.07) is 14.7. The molecule has 1 aliphatic rings. The van der Waals surface area contributed by atoms with E-state index in [1.807, 2.05) is 18.2 Å². The van der Waals surface area contributed by atoms with E-state index in [1.165, 1.54) is 23.1 Å². The molecular weight excluding hydrogens is 382 g/mol. The predicted octanol–water partition coefficient (Wildman–Crippen LogP) is 5.55. The predicted molar refractivity (Wildman–Crippen MR) is 131 cm³/mol. The normalized spacial score (nSPS) is 16.3. The molecule has 1 aliphatic carbocycles. The number of hydrogen-bond donors (Lipinski definition) is 2. The number of nitrogens with one attached hydrogen (secondary N) is 2. The van der Waals surface area contributed by atoms with E-state index in [9.17, 15) is 4.79 Å². The maximum Gasteiger partial charge on any atom is 0.255 e. The standard InChI is InChI=1S/C27H39N3O/c1-6-30(7-2)18-17-28-25-10-8-9-20-13-16-23(19-24(20)25)29-26(31)21-11-14-22(15-12-21)27(3,4)5/h11-16,19,25,28H,6-10,17-18H2,1-5H3,(H,29,31). The number of likely N-dealkylation sites (N-methyl/N-ethyl adjacent to an activating group) is 1. The molecule has 0 saturated carbocycles. The molecule has 1 amide bonds. The molecule has 0 heterocycles. The number of carbonyl (C=O) groups is 1. The van der Waals surface area contributed by atoms with Gasteiger partial charge in [0.2, 0.25) is 0 Å². The van der Waals surface area contributed by atoms with Crippen molar-refractivity contribution >= 4 is 11.6 Å². The highest BCUT2D eigenvalue weighted by Gasteiger charge is 2.21. The lowest BCUT2D eigenvalue weighted by molar-refractivity contribution is 0.102. The summed E-state index contributed by atoms with van der Waals surface area (Å²) < 4.78 is 0. The van der Waals surface area contributed by atoms with Crippen LogP contribution in [0.5, 0.6) is 0 Å². The van der Waals surface area contributed by atoms with Crippen molar-refractivity contribution in [1.29, 1.82) is 0 Å². The van der Waals surface area contributed by atoms with Crippen LogP contribution in [-0.2, 0) is 11.8 Å². The van der Waals surface area contributed by atoms with E-state index in [1.54, 1.807) is 0 Å². The molecule has 3 rings (SSSR count). The van der Waals surface area contributed by atoms with Crippen LogP contribution in [-0.4, -0.2) is 37.0 Å². The van der Waals surface area contributed by atoms with Crippen LogP contribution < -0.4 is 10.6 Å². The lowest BCUT2D eigenvalue weighted by atomic mass is 9.86. The van der Waals surface area contributed by atoms with Crippen molar-refractivity contribution < 1.29 is 4.79 Å². The second-order valence-electron chi connectivity index (χ2n) is 9.62. The van der Waals surface area contributed by atoms with Gasteiger partial charge in [-0.05, 0) is 78.7 Å². The monoisotopic (exact) mass is 421 g/mol. The van der Waals surface area contributed by atoms with Crippen LogP contribution in [0.4, 0.5) is 5.69 Å². The molecule has 1 atom stereocenters. The van der Waals surface area contributed by atoms with Crippen LogP contribution in [0.25, 0.3) is 0 Å². The lowest BCUT2D eigenvalue weighted by Crippen LogP contribution is -2.34. The number of carbonyl (C=O) groups excluding carboxylic acids is 1. The average Bonchev–Trinajstić information content (AvgIpc) is 2.76. The number of amides is 1. The summed E-state index contributed by atoms with van der Waals surface area (Å²) in [5.41, 5.74) is 5.63. The number of rotatable bonds is 8. The highest BCUT2D eigenvalue weighted by atomic mass is 16.1. The average molecular weight is 422 g/mol. The largest absolute Gasteiger partial charge is 0.322 e.